The first-order chi connectivity index (χ1) is 8.85. The summed E-state index contributed by atoms with van der Waals surface area (Å²) in [6.07, 6.45) is 0. The maximum atomic E-state index is 12.2. The van der Waals surface area contributed by atoms with Crippen LogP contribution in [0.1, 0.15) is 29.8 Å². The molecule has 0 atom stereocenters. The van der Waals surface area contributed by atoms with Crippen molar-refractivity contribution in [2.45, 2.75) is 13.8 Å². The van der Waals surface area contributed by atoms with Gasteiger partial charge in [0.1, 0.15) is 17.3 Å². The summed E-state index contributed by atoms with van der Waals surface area (Å²) in [5.74, 6) is -0.771. The fourth-order valence-corrected chi connectivity index (χ4v) is 2.50. The maximum Gasteiger partial charge on any atom is 0.237 e. The molecule has 0 radical (unpaired) electrons. The maximum absolute atomic E-state index is 12.2. The van der Waals surface area contributed by atoms with Gasteiger partial charge in [-0.3, -0.25) is 9.59 Å². The van der Waals surface area contributed by atoms with E-state index in [2.05, 4.69) is 6.58 Å². The number of phenols is 1. The molecular weight excluding hydrogens is 244 g/mol. The third-order valence-electron chi connectivity index (χ3n) is 3.72. The zero-order chi connectivity index (χ0) is 13.9. The molecule has 96 valence electrons. The summed E-state index contributed by atoms with van der Waals surface area (Å²) in [5, 5.41) is 9.79. The minimum absolute atomic E-state index is 0.0109. The third kappa shape index (κ3) is 1.28. The second-order valence-corrected chi connectivity index (χ2v) is 5.21. The number of ketones is 2. The SMILES string of the molecule is C=C1OC2=C(C(=O)C(=O)c3c(O)cccc32)C1(C)C. The Hall–Kier alpha value is -2.36. The first-order valence-corrected chi connectivity index (χ1v) is 5.89. The van der Waals surface area contributed by atoms with Crippen molar-refractivity contribution in [3.8, 4) is 5.75 Å². The number of rotatable bonds is 0. The lowest BCUT2D eigenvalue weighted by Crippen LogP contribution is -2.29. The normalized spacial score (nSPS) is 20.2. The molecular formula is C15H12O4. The minimum Gasteiger partial charge on any atom is -0.507 e. The van der Waals surface area contributed by atoms with Crippen molar-refractivity contribution < 1.29 is 19.4 Å². The molecule has 4 heteroatoms. The van der Waals surface area contributed by atoms with Crippen LogP contribution >= 0.6 is 0 Å². The van der Waals surface area contributed by atoms with E-state index >= 15 is 0 Å². The number of ether oxygens (including phenoxy) is 1. The van der Waals surface area contributed by atoms with Gasteiger partial charge in [-0.15, -0.1) is 0 Å². The lowest BCUT2D eigenvalue weighted by Gasteiger charge is -2.21. The second kappa shape index (κ2) is 3.35. The van der Waals surface area contributed by atoms with Crippen molar-refractivity contribution >= 4 is 17.3 Å². The van der Waals surface area contributed by atoms with Crippen LogP contribution in [0.15, 0.2) is 36.1 Å². The van der Waals surface area contributed by atoms with E-state index in [1.807, 2.05) is 0 Å². The van der Waals surface area contributed by atoms with Crippen LogP contribution in [0.3, 0.4) is 0 Å². The van der Waals surface area contributed by atoms with Gasteiger partial charge < -0.3 is 9.84 Å². The Bertz CT molecular complexity index is 692. The van der Waals surface area contributed by atoms with Crippen molar-refractivity contribution in [2.24, 2.45) is 5.41 Å². The van der Waals surface area contributed by atoms with Crippen LogP contribution in [0.2, 0.25) is 0 Å². The molecule has 0 saturated carbocycles. The summed E-state index contributed by atoms with van der Waals surface area (Å²) in [5.41, 5.74) is 0.0780. The standard InChI is InChI=1S/C15H12O4/c1-7-15(2,3)11-13(18)12(17)10-8(14(11)19-7)5-4-6-9(10)16/h4-6,16H,1H2,2-3H3. The summed E-state index contributed by atoms with van der Waals surface area (Å²) in [7, 11) is 0. The predicted molar refractivity (Wildman–Crippen MR) is 68.4 cm³/mol. The number of Topliss-reactive ketones (excluding diaryl/α,β-unsaturated/α-hetero) is 2. The van der Waals surface area contributed by atoms with Gasteiger partial charge in [-0.25, -0.2) is 0 Å². The van der Waals surface area contributed by atoms with Gasteiger partial charge in [0.05, 0.1) is 16.6 Å². The Kier molecular flexibility index (Phi) is 2.06. The zero-order valence-electron chi connectivity index (χ0n) is 10.6. The lowest BCUT2D eigenvalue weighted by atomic mass is 9.76. The van der Waals surface area contributed by atoms with E-state index in [0.717, 1.165) is 0 Å². The number of phenolic OH excluding ortho intramolecular Hbond substituents is 1. The Balaban J connectivity index is 2.38. The van der Waals surface area contributed by atoms with Crippen LogP contribution in [0.25, 0.3) is 5.76 Å². The number of benzene rings is 1. The summed E-state index contributed by atoms with van der Waals surface area (Å²) in [6, 6.07) is 4.65. The number of allylic oxidation sites excluding steroid dienone is 1. The fourth-order valence-electron chi connectivity index (χ4n) is 2.50. The quantitative estimate of drug-likeness (QED) is 0.724. The number of fused-ring (bicyclic) bond motifs is 2. The van der Waals surface area contributed by atoms with Gasteiger partial charge in [0.25, 0.3) is 0 Å². The van der Waals surface area contributed by atoms with Crippen LogP contribution < -0.4 is 0 Å². The molecule has 0 bridgehead atoms. The molecule has 0 saturated heterocycles. The first-order valence-electron chi connectivity index (χ1n) is 5.89. The molecule has 1 aliphatic heterocycles. The molecule has 0 unspecified atom stereocenters. The number of carbonyl (C=O) groups excluding carboxylic acids is 2. The molecule has 0 spiro atoms. The first kappa shape index (κ1) is 11.7. The number of carbonyl (C=O) groups is 2. The molecule has 2 aliphatic rings. The molecule has 1 aromatic rings. The van der Waals surface area contributed by atoms with Crippen LogP contribution in [0, 0.1) is 5.41 Å². The van der Waals surface area contributed by atoms with Gasteiger partial charge in [-0.05, 0) is 19.9 Å². The minimum atomic E-state index is -0.703. The largest absolute Gasteiger partial charge is 0.507 e. The molecule has 1 heterocycles. The van der Waals surface area contributed by atoms with E-state index in [-0.39, 0.29) is 11.3 Å². The van der Waals surface area contributed by atoms with Crippen LogP contribution in [-0.2, 0) is 9.53 Å². The van der Waals surface area contributed by atoms with Crippen LogP contribution in [0.4, 0.5) is 0 Å². The molecule has 4 nitrogen and oxygen atoms in total. The van der Waals surface area contributed by atoms with Gasteiger partial charge in [-0.1, -0.05) is 18.7 Å². The number of hydrogen-bond donors (Lipinski definition) is 1. The van der Waals surface area contributed by atoms with E-state index < -0.39 is 17.0 Å². The van der Waals surface area contributed by atoms with Crippen molar-refractivity contribution in [3.05, 3.63) is 47.2 Å². The molecule has 0 amide bonds. The Labute approximate surface area is 110 Å². The van der Waals surface area contributed by atoms with Crippen LogP contribution in [0.5, 0.6) is 5.75 Å². The highest BCUT2D eigenvalue weighted by Gasteiger charge is 2.49. The lowest BCUT2D eigenvalue weighted by molar-refractivity contribution is -0.112. The zero-order valence-corrected chi connectivity index (χ0v) is 10.6. The highest BCUT2D eigenvalue weighted by atomic mass is 16.5. The highest BCUT2D eigenvalue weighted by molar-refractivity contribution is 6.53. The summed E-state index contributed by atoms with van der Waals surface area (Å²) >= 11 is 0. The van der Waals surface area contributed by atoms with Gasteiger partial charge in [0, 0.05) is 5.56 Å². The van der Waals surface area contributed by atoms with Crippen molar-refractivity contribution in [2.75, 3.05) is 0 Å². The second-order valence-electron chi connectivity index (χ2n) is 5.21. The molecule has 3 rings (SSSR count). The predicted octanol–water partition coefficient (Wildman–Crippen LogP) is 2.44. The average Bonchev–Trinajstić information content (AvgIpc) is 2.58. The molecule has 0 fully saturated rings. The van der Waals surface area contributed by atoms with Crippen molar-refractivity contribution in [1.82, 2.24) is 0 Å². The number of aromatic hydroxyl groups is 1. The molecule has 19 heavy (non-hydrogen) atoms. The van der Waals surface area contributed by atoms with E-state index in [1.165, 1.54) is 6.07 Å². The van der Waals surface area contributed by atoms with E-state index in [0.29, 0.717) is 22.7 Å². The van der Waals surface area contributed by atoms with Gasteiger partial charge >= 0.3 is 0 Å². The molecule has 1 aliphatic carbocycles. The van der Waals surface area contributed by atoms with Crippen molar-refractivity contribution in [3.63, 3.8) is 0 Å². The Morgan fingerprint density at radius 2 is 1.89 bits per heavy atom. The fraction of sp³-hybridized carbons (Fsp3) is 0.200. The van der Waals surface area contributed by atoms with Crippen molar-refractivity contribution in [1.29, 1.82) is 0 Å². The smallest absolute Gasteiger partial charge is 0.237 e. The summed E-state index contributed by atoms with van der Waals surface area (Å²) in [6.45, 7) is 7.37. The highest BCUT2D eigenvalue weighted by Crippen LogP contribution is 2.51. The number of hydrogen-bond acceptors (Lipinski definition) is 4. The van der Waals surface area contributed by atoms with Crippen LogP contribution in [-0.4, -0.2) is 16.7 Å². The third-order valence-corrected chi connectivity index (χ3v) is 3.72. The Morgan fingerprint density at radius 1 is 1.21 bits per heavy atom. The van der Waals surface area contributed by atoms with Gasteiger partial charge in [0.15, 0.2) is 0 Å². The topological polar surface area (TPSA) is 63.6 Å². The molecule has 0 aromatic heterocycles. The van der Waals surface area contributed by atoms with Gasteiger partial charge in [-0.2, -0.15) is 0 Å². The monoisotopic (exact) mass is 256 g/mol. The average molecular weight is 256 g/mol. The van der Waals surface area contributed by atoms with Gasteiger partial charge in [0.2, 0.25) is 11.6 Å². The molecule has 1 N–H and O–H groups in total. The summed E-state index contributed by atoms with van der Waals surface area (Å²) in [4.78, 5) is 24.4. The summed E-state index contributed by atoms with van der Waals surface area (Å²) < 4.78 is 5.58. The molecule has 1 aromatic carbocycles. The van der Waals surface area contributed by atoms with E-state index in [9.17, 15) is 14.7 Å². The van der Waals surface area contributed by atoms with E-state index in [1.54, 1.807) is 26.0 Å². The van der Waals surface area contributed by atoms with E-state index in [4.69, 9.17) is 4.74 Å². The Morgan fingerprint density at radius 3 is 2.58 bits per heavy atom.